The summed E-state index contributed by atoms with van der Waals surface area (Å²) in [5, 5.41) is 0. The second-order valence-corrected chi connectivity index (χ2v) is 4.53. The van der Waals surface area contributed by atoms with Gasteiger partial charge in [0.1, 0.15) is 0 Å². The summed E-state index contributed by atoms with van der Waals surface area (Å²) in [5.74, 6) is 0. The predicted octanol–water partition coefficient (Wildman–Crippen LogP) is 2.39. The van der Waals surface area contributed by atoms with Crippen molar-refractivity contribution in [2.45, 2.75) is 53.6 Å². The zero-order valence-corrected chi connectivity index (χ0v) is 12.3. The Balaban J connectivity index is 0.000000771. The molecule has 0 amide bonds. The third-order valence-corrected chi connectivity index (χ3v) is 2.68. The first-order chi connectivity index (χ1) is 8.61. The van der Waals surface area contributed by atoms with Crippen molar-refractivity contribution >= 4 is 11.2 Å². The summed E-state index contributed by atoms with van der Waals surface area (Å²) >= 11 is 0. The Labute approximate surface area is 109 Å². The number of hydrogen-bond donors (Lipinski definition) is 0. The van der Waals surface area contributed by atoms with Gasteiger partial charge >= 0.3 is 11.2 Å². The van der Waals surface area contributed by atoms with E-state index in [2.05, 4.69) is 46.8 Å². The average molecular weight is 248 g/mol. The fourth-order valence-electron chi connectivity index (χ4n) is 1.82. The minimum atomic E-state index is 0.367. The van der Waals surface area contributed by atoms with Gasteiger partial charge in [-0.3, -0.25) is 0 Å². The van der Waals surface area contributed by atoms with E-state index in [1.807, 2.05) is 38.8 Å². The van der Waals surface area contributed by atoms with Crippen LogP contribution in [0.3, 0.4) is 0 Å². The van der Waals surface area contributed by atoms with E-state index in [-0.39, 0.29) is 0 Å². The van der Waals surface area contributed by atoms with Crippen LogP contribution in [0, 0.1) is 0 Å². The molecule has 4 heteroatoms. The molecule has 0 saturated heterocycles. The van der Waals surface area contributed by atoms with Crippen LogP contribution in [0.5, 0.6) is 0 Å². The fraction of sp³-hybridized carbons (Fsp3) is 0.571. The Kier molecular flexibility index (Phi) is 5.13. The van der Waals surface area contributed by atoms with Crippen LogP contribution < -0.4 is 9.13 Å². The lowest BCUT2D eigenvalue weighted by Crippen LogP contribution is -2.44. The second kappa shape index (κ2) is 6.38. The van der Waals surface area contributed by atoms with Crippen molar-refractivity contribution in [3.8, 4) is 0 Å². The van der Waals surface area contributed by atoms with Crippen molar-refractivity contribution in [2.24, 2.45) is 0 Å². The third kappa shape index (κ3) is 2.81. The maximum atomic E-state index is 4.45. The Morgan fingerprint density at radius 1 is 1.00 bits per heavy atom. The fourth-order valence-corrected chi connectivity index (χ4v) is 1.82. The molecule has 98 valence electrons. The van der Waals surface area contributed by atoms with Crippen molar-refractivity contribution < 1.29 is 9.13 Å². The zero-order valence-electron chi connectivity index (χ0n) is 12.3. The molecule has 18 heavy (non-hydrogen) atoms. The molecule has 0 fully saturated rings. The molecule has 0 aliphatic rings. The predicted molar refractivity (Wildman–Crippen MR) is 72.0 cm³/mol. The largest absolute Gasteiger partial charge is 0.338 e. The number of nitrogens with zero attached hydrogens (tertiary/aromatic N) is 4. The van der Waals surface area contributed by atoms with Crippen LogP contribution in [0.1, 0.15) is 53.6 Å². The van der Waals surface area contributed by atoms with Crippen molar-refractivity contribution in [1.29, 1.82) is 0 Å². The molecule has 0 radical (unpaired) electrons. The van der Waals surface area contributed by atoms with E-state index in [4.69, 9.17) is 0 Å². The Morgan fingerprint density at radius 3 is 2.17 bits per heavy atom. The quantitative estimate of drug-likeness (QED) is 0.765. The molecule has 2 aromatic heterocycles. The molecule has 2 heterocycles. The van der Waals surface area contributed by atoms with Crippen LogP contribution in [0.15, 0.2) is 24.9 Å². The smallest absolute Gasteiger partial charge is 0.225 e. The second-order valence-electron chi connectivity index (χ2n) is 4.53. The molecular weight excluding hydrogens is 224 g/mol. The van der Waals surface area contributed by atoms with Gasteiger partial charge in [0.15, 0.2) is 18.4 Å². The van der Waals surface area contributed by atoms with E-state index in [1.54, 1.807) is 0 Å². The number of hydrogen-bond acceptors (Lipinski definition) is 2. The van der Waals surface area contributed by atoms with E-state index in [0.717, 1.165) is 11.2 Å². The highest BCUT2D eigenvalue weighted by Gasteiger charge is 2.21. The summed E-state index contributed by atoms with van der Waals surface area (Å²) in [6, 6.07) is 0.780. The van der Waals surface area contributed by atoms with Gasteiger partial charge in [-0.1, -0.05) is 18.8 Å². The van der Waals surface area contributed by atoms with Gasteiger partial charge in [-0.15, -0.1) is 4.98 Å². The number of rotatable bonds is 2. The summed E-state index contributed by atoms with van der Waals surface area (Å²) in [4.78, 5) is 8.73. The van der Waals surface area contributed by atoms with E-state index < -0.39 is 0 Å². The lowest BCUT2D eigenvalue weighted by molar-refractivity contribution is -0.715. The summed E-state index contributed by atoms with van der Waals surface area (Å²) in [5.41, 5.74) is 2.06. The van der Waals surface area contributed by atoms with Crippen LogP contribution in [0.25, 0.3) is 11.2 Å². The number of aromatic nitrogens is 4. The monoisotopic (exact) mass is 248 g/mol. The molecule has 0 bridgehead atoms. The maximum absolute atomic E-state index is 4.45. The standard InChI is InChI=1S/C12H18N4.C2H6/c1-9(2)15-6-5-14-12-11(15)7-13-8-16(12)10(3)4;1-2/h5-10H,1-4H3;1-2H3/q+2;. The average Bonchev–Trinajstić information content (AvgIpc) is 2.39. The normalized spacial score (nSPS) is 10.7. The van der Waals surface area contributed by atoms with Crippen molar-refractivity contribution in [1.82, 2.24) is 9.97 Å². The first kappa shape index (κ1) is 14.5. The summed E-state index contributed by atoms with van der Waals surface area (Å²) in [6.45, 7) is 12.6. The zero-order chi connectivity index (χ0) is 13.7. The Bertz CT molecular complexity index is 459. The minimum absolute atomic E-state index is 0.367. The Morgan fingerprint density at radius 2 is 1.61 bits per heavy atom. The first-order valence-electron chi connectivity index (χ1n) is 6.66. The minimum Gasteiger partial charge on any atom is -0.225 e. The van der Waals surface area contributed by atoms with E-state index in [1.165, 1.54) is 0 Å². The molecule has 4 nitrogen and oxygen atoms in total. The van der Waals surface area contributed by atoms with Crippen LogP contribution in [-0.4, -0.2) is 9.97 Å². The van der Waals surface area contributed by atoms with Crippen LogP contribution in [-0.2, 0) is 0 Å². The molecule has 0 aliphatic carbocycles. The molecule has 0 saturated carbocycles. The van der Waals surface area contributed by atoms with Crippen LogP contribution in [0.2, 0.25) is 0 Å². The molecule has 0 spiro atoms. The topological polar surface area (TPSA) is 33.5 Å². The SMILES string of the molecule is CC.CC(C)[n+]1ccnc2c1cnc[n+]2C(C)C. The molecule has 0 unspecified atom stereocenters. The van der Waals surface area contributed by atoms with Crippen molar-refractivity contribution in [3.63, 3.8) is 0 Å². The highest BCUT2D eigenvalue weighted by atomic mass is 15.1. The molecular formula is C14H24N4+2. The van der Waals surface area contributed by atoms with Crippen LogP contribution in [0.4, 0.5) is 0 Å². The lowest BCUT2D eigenvalue weighted by atomic mass is 10.3. The van der Waals surface area contributed by atoms with Gasteiger partial charge in [-0.05, 0) is 27.7 Å². The van der Waals surface area contributed by atoms with Gasteiger partial charge < -0.3 is 0 Å². The van der Waals surface area contributed by atoms with Crippen molar-refractivity contribution in [2.75, 3.05) is 0 Å². The molecule has 0 aromatic carbocycles. The van der Waals surface area contributed by atoms with Gasteiger partial charge in [-0.2, -0.15) is 4.57 Å². The molecule has 2 rings (SSSR count). The third-order valence-electron chi connectivity index (χ3n) is 2.68. The van der Waals surface area contributed by atoms with Gasteiger partial charge in [0, 0.05) is 0 Å². The molecule has 0 aliphatic heterocycles. The van der Waals surface area contributed by atoms with E-state index in [0.29, 0.717) is 12.1 Å². The molecule has 0 atom stereocenters. The molecule has 2 aromatic rings. The Hall–Kier alpha value is -1.58. The van der Waals surface area contributed by atoms with Gasteiger partial charge in [0.25, 0.3) is 0 Å². The summed E-state index contributed by atoms with van der Waals surface area (Å²) in [7, 11) is 0. The highest BCUT2D eigenvalue weighted by Crippen LogP contribution is 2.04. The summed E-state index contributed by atoms with van der Waals surface area (Å²) in [6.07, 6.45) is 7.56. The van der Waals surface area contributed by atoms with Crippen LogP contribution >= 0.6 is 0 Å². The van der Waals surface area contributed by atoms with E-state index >= 15 is 0 Å². The van der Waals surface area contributed by atoms with E-state index in [9.17, 15) is 0 Å². The highest BCUT2D eigenvalue weighted by molar-refractivity contribution is 5.59. The first-order valence-corrected chi connectivity index (χ1v) is 6.66. The molecule has 0 N–H and O–H groups in total. The lowest BCUT2D eigenvalue weighted by Gasteiger charge is -2.06. The van der Waals surface area contributed by atoms with Gasteiger partial charge in [0.05, 0.1) is 6.04 Å². The van der Waals surface area contributed by atoms with Gasteiger partial charge in [-0.25, -0.2) is 4.57 Å². The van der Waals surface area contributed by atoms with Gasteiger partial charge in [0.2, 0.25) is 12.5 Å². The summed E-state index contributed by atoms with van der Waals surface area (Å²) < 4.78 is 4.28. The van der Waals surface area contributed by atoms with Crippen molar-refractivity contribution in [3.05, 3.63) is 24.9 Å². The maximum Gasteiger partial charge on any atom is 0.338 e. The number of fused-ring (bicyclic) bond motifs is 1.